The monoisotopic (exact) mass is 506 g/mol. The topological polar surface area (TPSA) is 76.2 Å². The van der Waals surface area contributed by atoms with Crippen LogP contribution in [-0.2, 0) is 19.6 Å². The highest BCUT2D eigenvalue weighted by molar-refractivity contribution is 7.89. The molecule has 0 saturated heterocycles. The summed E-state index contributed by atoms with van der Waals surface area (Å²) in [5, 5.41) is 0. The van der Waals surface area contributed by atoms with Crippen LogP contribution < -0.4 is 9.64 Å². The molecular weight excluding hydrogens is 471 g/mol. The summed E-state index contributed by atoms with van der Waals surface area (Å²) in [7, 11) is -2.12. The Morgan fingerprint density at radius 3 is 2.57 bits per heavy atom. The van der Waals surface area contributed by atoms with Crippen LogP contribution >= 0.6 is 0 Å². The molecule has 1 heterocycles. The van der Waals surface area contributed by atoms with Gasteiger partial charge in [0.15, 0.2) is 0 Å². The zero-order valence-corrected chi connectivity index (χ0v) is 21.6. The molecule has 0 radical (unpaired) electrons. The highest BCUT2D eigenvalue weighted by atomic mass is 32.2. The number of benzene rings is 1. The van der Waals surface area contributed by atoms with Gasteiger partial charge in [-0.1, -0.05) is 12.8 Å². The minimum absolute atomic E-state index is 0.0156. The Labute approximate surface area is 207 Å². The van der Waals surface area contributed by atoms with Gasteiger partial charge >= 0.3 is 5.97 Å². The average Bonchev–Trinajstić information content (AvgIpc) is 3.55. The van der Waals surface area contributed by atoms with E-state index in [0.717, 1.165) is 56.6 Å². The van der Waals surface area contributed by atoms with Crippen LogP contribution in [0.2, 0.25) is 0 Å². The molecular formula is C26H35FN2O5S. The van der Waals surface area contributed by atoms with Crippen molar-refractivity contribution in [3.63, 3.8) is 0 Å². The Kier molecular flexibility index (Phi) is 6.36. The van der Waals surface area contributed by atoms with Crippen LogP contribution in [0.15, 0.2) is 29.1 Å². The van der Waals surface area contributed by atoms with Crippen molar-refractivity contribution in [2.45, 2.75) is 81.7 Å². The van der Waals surface area contributed by atoms with E-state index in [-0.39, 0.29) is 28.8 Å². The molecule has 192 valence electrons. The van der Waals surface area contributed by atoms with Gasteiger partial charge in [0.1, 0.15) is 16.9 Å². The Morgan fingerprint density at radius 2 is 1.94 bits per heavy atom. The third kappa shape index (κ3) is 4.14. The van der Waals surface area contributed by atoms with Gasteiger partial charge in [-0.3, -0.25) is 0 Å². The number of rotatable bonds is 6. The molecule has 5 aliphatic rings. The maximum atomic E-state index is 14.1. The fourth-order valence-electron chi connectivity index (χ4n) is 6.78. The van der Waals surface area contributed by atoms with Crippen LogP contribution in [0, 0.1) is 18.8 Å². The lowest BCUT2D eigenvalue weighted by molar-refractivity contribution is -0.140. The van der Waals surface area contributed by atoms with Crippen LogP contribution in [0.4, 0.5) is 10.1 Å². The van der Waals surface area contributed by atoms with E-state index in [9.17, 15) is 17.6 Å². The van der Waals surface area contributed by atoms with Gasteiger partial charge in [0.25, 0.3) is 0 Å². The van der Waals surface area contributed by atoms with E-state index in [1.807, 2.05) is 13.0 Å². The molecule has 1 atom stereocenters. The van der Waals surface area contributed by atoms with Crippen LogP contribution in [0.25, 0.3) is 0 Å². The molecule has 4 saturated carbocycles. The number of hydrogen-bond donors (Lipinski definition) is 0. The van der Waals surface area contributed by atoms with Crippen molar-refractivity contribution >= 4 is 21.7 Å². The van der Waals surface area contributed by atoms with Crippen LogP contribution in [-0.4, -0.2) is 50.5 Å². The highest BCUT2D eigenvalue weighted by Crippen LogP contribution is 2.58. The second kappa shape index (κ2) is 9.07. The third-order valence-electron chi connectivity index (χ3n) is 8.67. The number of carbonyl (C=O) groups is 1. The number of halogens is 1. The van der Waals surface area contributed by atoms with Crippen LogP contribution in [0.3, 0.4) is 0 Å². The third-order valence-corrected chi connectivity index (χ3v) is 10.6. The average molecular weight is 507 g/mol. The fraction of sp³-hybridized carbons (Fsp3) is 0.654. The van der Waals surface area contributed by atoms with Gasteiger partial charge in [-0.15, -0.1) is 0 Å². The van der Waals surface area contributed by atoms with E-state index in [2.05, 4.69) is 9.64 Å². The minimum atomic E-state index is -3.81. The summed E-state index contributed by atoms with van der Waals surface area (Å²) >= 11 is 0. The smallest absolute Gasteiger partial charge is 0.370 e. The van der Waals surface area contributed by atoms with Crippen LogP contribution in [0.1, 0.15) is 63.9 Å². The summed E-state index contributed by atoms with van der Waals surface area (Å²) in [6.07, 6.45) is 9.58. The van der Waals surface area contributed by atoms with E-state index in [0.29, 0.717) is 24.3 Å². The van der Waals surface area contributed by atoms with Crippen molar-refractivity contribution in [2.24, 2.45) is 11.8 Å². The first-order valence-electron chi connectivity index (χ1n) is 12.8. The summed E-state index contributed by atoms with van der Waals surface area (Å²) < 4.78 is 53.7. The molecule has 4 fully saturated rings. The number of sulfonamides is 1. The van der Waals surface area contributed by atoms with Crippen molar-refractivity contribution in [2.75, 3.05) is 25.1 Å². The summed E-state index contributed by atoms with van der Waals surface area (Å²) in [4.78, 5) is 14.2. The van der Waals surface area contributed by atoms with Crippen molar-refractivity contribution in [3.8, 4) is 5.75 Å². The van der Waals surface area contributed by atoms with Crippen molar-refractivity contribution in [1.82, 2.24) is 4.31 Å². The first kappa shape index (κ1) is 24.6. The summed E-state index contributed by atoms with van der Waals surface area (Å²) in [6, 6.07) is 3.27. The molecule has 9 heteroatoms. The Morgan fingerprint density at radius 1 is 1.23 bits per heavy atom. The van der Waals surface area contributed by atoms with Crippen molar-refractivity contribution in [3.05, 3.63) is 29.8 Å². The molecule has 0 unspecified atom stereocenters. The Balaban J connectivity index is 1.57. The molecule has 2 bridgehead atoms. The molecule has 0 spiro atoms. The second-order valence-electron chi connectivity index (χ2n) is 10.7. The van der Waals surface area contributed by atoms with Gasteiger partial charge in [0, 0.05) is 31.2 Å². The Bertz CT molecular complexity index is 1130. The van der Waals surface area contributed by atoms with Gasteiger partial charge in [0.05, 0.1) is 12.3 Å². The predicted octanol–water partition coefficient (Wildman–Crippen LogP) is 4.69. The van der Waals surface area contributed by atoms with Crippen LogP contribution in [0.5, 0.6) is 5.75 Å². The first-order chi connectivity index (χ1) is 16.7. The number of fused-ring (bicyclic) bond motifs is 2. The number of hydrogen-bond acceptors (Lipinski definition) is 6. The minimum Gasteiger partial charge on any atom is -0.461 e. The zero-order chi connectivity index (χ0) is 25.0. The largest absolute Gasteiger partial charge is 0.461 e. The number of ether oxygens (including phenoxy) is 2. The normalized spacial score (nSPS) is 30.5. The molecule has 6 rings (SSSR count). The van der Waals surface area contributed by atoms with E-state index in [1.54, 1.807) is 18.3 Å². The number of esters is 1. The van der Waals surface area contributed by atoms with Gasteiger partial charge in [0.2, 0.25) is 15.9 Å². The first-order valence-corrected chi connectivity index (χ1v) is 14.2. The number of anilines is 1. The lowest BCUT2D eigenvalue weighted by atomic mass is 9.75. The predicted molar refractivity (Wildman–Crippen MR) is 130 cm³/mol. The second-order valence-corrected chi connectivity index (χ2v) is 12.6. The molecule has 1 aliphatic heterocycles. The van der Waals surface area contributed by atoms with Gasteiger partial charge in [-0.2, -0.15) is 8.70 Å². The number of carbonyl (C=O) groups excluding carboxylic acids is 1. The fourth-order valence-corrected chi connectivity index (χ4v) is 8.38. The molecule has 1 aromatic rings. The summed E-state index contributed by atoms with van der Waals surface area (Å²) in [6.45, 7) is 4.14. The number of likely N-dealkylation sites (N-methyl/N-ethyl adjacent to an activating group) is 1. The maximum Gasteiger partial charge on any atom is 0.370 e. The molecule has 0 N–H and O–H groups in total. The molecule has 7 nitrogen and oxygen atoms in total. The number of nitrogens with zero attached hydrogens (tertiary/aromatic N) is 2. The van der Waals surface area contributed by atoms with E-state index < -0.39 is 21.8 Å². The summed E-state index contributed by atoms with van der Waals surface area (Å²) in [5.74, 6) is -0.999. The standard InChI is InChI=1S/C26H35FN2O5S/c1-4-33-25(30)20(27)16-34-23-12-24-21(11-17(23)2)29(26-10-9-18(13-26)14-26)15-22(19-7-5-6-8-19)28(3)35(24,31)32/h11-12,16,18-19,22H,4-10,13-15H2,1-3H3/b20-16-/t18?,22-,26?/m0/s1. The lowest BCUT2D eigenvalue weighted by Gasteiger charge is -2.50. The SMILES string of the molecule is CCOC(=O)/C(F)=C/Oc1cc2c(cc1C)N(C13CCC(C1)C3)C[C@@H](C1CCCC1)N(C)S2(=O)=O. The van der Waals surface area contributed by atoms with E-state index in [1.165, 1.54) is 12.5 Å². The lowest BCUT2D eigenvalue weighted by Crippen LogP contribution is -2.57. The van der Waals surface area contributed by atoms with Gasteiger partial charge < -0.3 is 14.4 Å². The van der Waals surface area contributed by atoms with Crippen molar-refractivity contribution < 1.29 is 27.1 Å². The van der Waals surface area contributed by atoms with Gasteiger partial charge in [-0.05, 0) is 75.8 Å². The summed E-state index contributed by atoms with van der Waals surface area (Å²) in [5.41, 5.74) is 1.42. The Hall–Kier alpha value is -2.13. The highest BCUT2D eigenvalue weighted by Gasteiger charge is 2.56. The molecule has 4 aliphatic carbocycles. The quantitative estimate of drug-likeness (QED) is 0.317. The van der Waals surface area contributed by atoms with E-state index in [4.69, 9.17) is 4.74 Å². The molecule has 35 heavy (non-hydrogen) atoms. The molecule has 0 amide bonds. The maximum absolute atomic E-state index is 14.1. The number of aryl methyl sites for hydroxylation is 1. The molecule has 0 aromatic heterocycles. The zero-order valence-electron chi connectivity index (χ0n) is 20.8. The molecule has 1 aromatic carbocycles. The van der Waals surface area contributed by atoms with Crippen molar-refractivity contribution in [1.29, 1.82) is 0 Å². The van der Waals surface area contributed by atoms with Gasteiger partial charge in [-0.25, -0.2) is 13.2 Å². The van der Waals surface area contributed by atoms with E-state index >= 15 is 0 Å².